The fourth-order valence-electron chi connectivity index (χ4n) is 1.79. The van der Waals surface area contributed by atoms with Crippen LogP contribution in [0.15, 0.2) is 24.3 Å². The lowest BCUT2D eigenvalue weighted by Crippen LogP contribution is -2.42. The van der Waals surface area contributed by atoms with Gasteiger partial charge in [-0.1, -0.05) is 12.1 Å². The quantitative estimate of drug-likeness (QED) is 0.561. The second kappa shape index (κ2) is 8.33. The highest BCUT2D eigenvalue weighted by atomic mass is 19.1. The predicted octanol–water partition coefficient (Wildman–Crippen LogP) is -0.171. The van der Waals surface area contributed by atoms with Gasteiger partial charge in [0.2, 0.25) is 11.8 Å². The maximum absolute atomic E-state index is 12.8. The minimum atomic E-state index is -0.806. The number of nitrogens with two attached hydrogens (primary N) is 1. The average molecular weight is 297 g/mol. The minimum absolute atomic E-state index is 0.160. The van der Waals surface area contributed by atoms with Gasteiger partial charge in [-0.2, -0.15) is 0 Å². The summed E-state index contributed by atoms with van der Waals surface area (Å²) >= 11 is 0. The lowest BCUT2D eigenvalue weighted by Gasteiger charge is -2.18. The highest BCUT2D eigenvalue weighted by Gasteiger charge is 2.14. The molecule has 0 saturated carbocycles. The number of halogens is 1. The van der Waals surface area contributed by atoms with Crippen LogP contribution >= 0.6 is 0 Å². The fraction of sp³-hybridized carbons (Fsp3) is 0.429. The number of hydrogen-bond donors (Lipinski definition) is 4. The van der Waals surface area contributed by atoms with Gasteiger partial charge in [-0.25, -0.2) is 4.39 Å². The number of nitrogens with one attached hydrogen (secondary N) is 2. The van der Waals surface area contributed by atoms with Crippen LogP contribution in [0.3, 0.4) is 0 Å². The van der Waals surface area contributed by atoms with Gasteiger partial charge in [-0.3, -0.25) is 9.59 Å². The van der Waals surface area contributed by atoms with E-state index in [9.17, 15) is 19.1 Å². The molecule has 1 rings (SSSR count). The summed E-state index contributed by atoms with van der Waals surface area (Å²) in [7, 11) is 0. The van der Waals surface area contributed by atoms with E-state index in [1.54, 1.807) is 6.92 Å². The van der Waals surface area contributed by atoms with Crippen molar-refractivity contribution in [3.05, 3.63) is 35.6 Å². The van der Waals surface area contributed by atoms with Crippen LogP contribution in [0, 0.1) is 5.82 Å². The van der Waals surface area contributed by atoms with E-state index in [0.29, 0.717) is 5.56 Å². The van der Waals surface area contributed by atoms with Gasteiger partial charge in [0, 0.05) is 6.04 Å². The molecule has 2 atom stereocenters. The van der Waals surface area contributed by atoms with Crippen LogP contribution in [-0.2, 0) is 9.59 Å². The zero-order valence-corrected chi connectivity index (χ0v) is 11.8. The summed E-state index contributed by atoms with van der Waals surface area (Å²) in [5, 5.41) is 15.0. The van der Waals surface area contributed by atoms with E-state index in [4.69, 9.17) is 5.73 Å². The topological polar surface area (TPSA) is 104 Å². The van der Waals surface area contributed by atoms with E-state index >= 15 is 0 Å². The number of carbonyl (C=O) groups excluding carboxylic acids is 2. The van der Waals surface area contributed by atoms with E-state index in [0.717, 1.165) is 0 Å². The molecule has 1 aromatic rings. The molecule has 0 radical (unpaired) electrons. The Balaban J connectivity index is 2.38. The third-order valence-electron chi connectivity index (χ3n) is 2.87. The normalized spacial score (nSPS) is 13.3. The molecule has 1 aromatic carbocycles. The van der Waals surface area contributed by atoms with Gasteiger partial charge in [0.05, 0.1) is 19.2 Å². The summed E-state index contributed by atoms with van der Waals surface area (Å²) in [5.74, 6) is -1.15. The molecule has 0 aromatic heterocycles. The van der Waals surface area contributed by atoms with Gasteiger partial charge in [0.15, 0.2) is 0 Å². The second-order valence-corrected chi connectivity index (χ2v) is 4.75. The molecule has 116 valence electrons. The maximum atomic E-state index is 12.8. The maximum Gasteiger partial charge on any atom is 0.239 e. The first kappa shape index (κ1) is 17.1. The van der Waals surface area contributed by atoms with Crippen molar-refractivity contribution in [2.75, 3.05) is 13.1 Å². The van der Waals surface area contributed by atoms with E-state index in [-0.39, 0.29) is 37.3 Å². The van der Waals surface area contributed by atoms with Gasteiger partial charge < -0.3 is 21.5 Å². The predicted molar refractivity (Wildman–Crippen MR) is 75.6 cm³/mol. The Hall–Kier alpha value is -1.99. The van der Waals surface area contributed by atoms with Crippen LogP contribution in [0.4, 0.5) is 4.39 Å². The van der Waals surface area contributed by atoms with Gasteiger partial charge >= 0.3 is 0 Å². The summed E-state index contributed by atoms with van der Waals surface area (Å²) in [6.45, 7) is 1.40. The molecule has 0 aliphatic rings. The highest BCUT2D eigenvalue weighted by molar-refractivity contribution is 5.85. The van der Waals surface area contributed by atoms with Crippen LogP contribution in [-0.4, -0.2) is 36.1 Å². The Morgan fingerprint density at radius 3 is 2.48 bits per heavy atom. The minimum Gasteiger partial charge on any atom is -0.388 e. The molecule has 0 spiro atoms. The number of carbonyl (C=O) groups is 2. The largest absolute Gasteiger partial charge is 0.388 e. The summed E-state index contributed by atoms with van der Waals surface area (Å²) in [6.07, 6.45) is -0.526. The number of amides is 2. The van der Waals surface area contributed by atoms with Gasteiger partial charge in [0.1, 0.15) is 5.82 Å². The second-order valence-electron chi connectivity index (χ2n) is 4.75. The van der Waals surface area contributed by atoms with Crippen molar-refractivity contribution >= 4 is 11.8 Å². The molecule has 0 bridgehead atoms. The molecule has 6 nitrogen and oxygen atoms in total. The fourth-order valence-corrected chi connectivity index (χ4v) is 1.79. The van der Waals surface area contributed by atoms with E-state index in [1.165, 1.54) is 24.3 Å². The molecule has 0 heterocycles. The molecule has 7 heteroatoms. The Labute approximate surface area is 122 Å². The lowest BCUT2D eigenvalue weighted by molar-refractivity contribution is -0.125. The molecule has 5 N–H and O–H groups in total. The van der Waals surface area contributed by atoms with Gasteiger partial charge in [0.25, 0.3) is 0 Å². The first-order chi connectivity index (χ1) is 9.92. The molecular formula is C14H20FN3O3. The van der Waals surface area contributed by atoms with Crippen LogP contribution in [0.2, 0.25) is 0 Å². The average Bonchev–Trinajstić information content (AvgIpc) is 2.45. The van der Waals surface area contributed by atoms with Gasteiger partial charge in [-0.15, -0.1) is 0 Å². The molecule has 0 fully saturated rings. The van der Waals surface area contributed by atoms with Crippen molar-refractivity contribution in [1.82, 2.24) is 10.6 Å². The standard InChI is InChI=1S/C14H20FN3O3/c1-9(18-14(21)8-17-13(20)7-16)6-12(19)10-2-4-11(15)5-3-10/h2-5,9,12,19H,6-8,16H2,1H3,(H,17,20)(H,18,21). The number of hydrogen-bond acceptors (Lipinski definition) is 4. The lowest BCUT2D eigenvalue weighted by atomic mass is 10.0. The number of benzene rings is 1. The Bertz CT molecular complexity index is 479. The van der Waals surface area contributed by atoms with Crippen LogP contribution in [0.5, 0.6) is 0 Å². The van der Waals surface area contributed by atoms with Crippen molar-refractivity contribution in [3.63, 3.8) is 0 Å². The number of aliphatic hydroxyl groups is 1. The molecule has 0 aliphatic carbocycles. The van der Waals surface area contributed by atoms with Crippen molar-refractivity contribution in [1.29, 1.82) is 0 Å². The van der Waals surface area contributed by atoms with Crippen LogP contribution in [0.25, 0.3) is 0 Å². The molecule has 2 amide bonds. The Morgan fingerprint density at radius 2 is 1.90 bits per heavy atom. The van der Waals surface area contributed by atoms with Crippen LogP contribution in [0.1, 0.15) is 25.0 Å². The van der Waals surface area contributed by atoms with E-state index < -0.39 is 12.0 Å². The van der Waals surface area contributed by atoms with Gasteiger partial charge in [-0.05, 0) is 31.0 Å². The summed E-state index contributed by atoms with van der Waals surface area (Å²) in [5.41, 5.74) is 5.67. The van der Waals surface area contributed by atoms with Crippen molar-refractivity contribution < 1.29 is 19.1 Å². The first-order valence-electron chi connectivity index (χ1n) is 6.62. The monoisotopic (exact) mass is 297 g/mol. The third-order valence-corrected chi connectivity index (χ3v) is 2.87. The van der Waals surface area contributed by atoms with Crippen LogP contribution < -0.4 is 16.4 Å². The zero-order valence-electron chi connectivity index (χ0n) is 11.8. The molecule has 21 heavy (non-hydrogen) atoms. The zero-order chi connectivity index (χ0) is 15.8. The summed E-state index contributed by atoms with van der Waals surface area (Å²) in [6, 6.07) is 5.23. The number of rotatable bonds is 7. The Kier molecular flexibility index (Phi) is 6.77. The summed E-state index contributed by atoms with van der Waals surface area (Å²) in [4.78, 5) is 22.4. The first-order valence-corrected chi connectivity index (χ1v) is 6.62. The van der Waals surface area contributed by atoms with Crippen molar-refractivity contribution in [2.24, 2.45) is 5.73 Å². The van der Waals surface area contributed by atoms with E-state index in [2.05, 4.69) is 10.6 Å². The smallest absolute Gasteiger partial charge is 0.239 e. The highest BCUT2D eigenvalue weighted by Crippen LogP contribution is 2.18. The third kappa shape index (κ3) is 6.33. The number of aliphatic hydroxyl groups excluding tert-OH is 1. The molecule has 2 unspecified atom stereocenters. The summed E-state index contributed by atoms with van der Waals surface area (Å²) < 4.78 is 12.8. The molecule has 0 aliphatic heterocycles. The molecular weight excluding hydrogens is 277 g/mol. The Morgan fingerprint density at radius 1 is 1.29 bits per heavy atom. The van der Waals surface area contributed by atoms with Crippen molar-refractivity contribution in [3.8, 4) is 0 Å². The molecule has 0 saturated heterocycles. The van der Waals surface area contributed by atoms with Crippen molar-refractivity contribution in [2.45, 2.75) is 25.5 Å². The van der Waals surface area contributed by atoms with E-state index in [1.807, 2.05) is 0 Å². The SMILES string of the molecule is CC(CC(O)c1ccc(F)cc1)NC(=O)CNC(=O)CN.